The van der Waals surface area contributed by atoms with Crippen LogP contribution in [0.1, 0.15) is 40.5 Å². The molecule has 29 heavy (non-hydrogen) atoms. The Kier molecular flexibility index (Phi) is 5.89. The number of carbonyl (C=O) groups excluding carboxylic acids is 2. The maximum Gasteiger partial charge on any atom is 0.256 e. The quantitative estimate of drug-likeness (QED) is 0.344. The van der Waals surface area contributed by atoms with Gasteiger partial charge >= 0.3 is 0 Å². The van der Waals surface area contributed by atoms with Crippen LogP contribution in [0.25, 0.3) is 11.6 Å². The molecule has 1 aromatic heterocycles. The number of anilines is 1. The summed E-state index contributed by atoms with van der Waals surface area (Å²) in [6.07, 6.45) is 3.15. The highest BCUT2D eigenvalue weighted by Gasteiger charge is 2.29. The summed E-state index contributed by atoms with van der Waals surface area (Å²) < 4.78 is 14.6. The van der Waals surface area contributed by atoms with Crippen molar-refractivity contribution in [3.63, 3.8) is 0 Å². The van der Waals surface area contributed by atoms with Crippen LogP contribution < -0.4 is 10.6 Å². The second kappa shape index (κ2) is 8.21. The van der Waals surface area contributed by atoms with Gasteiger partial charge in [0.1, 0.15) is 5.82 Å². The molecule has 2 aliphatic rings. The van der Waals surface area contributed by atoms with Crippen molar-refractivity contribution in [3.05, 3.63) is 52.6 Å². The predicted octanol–water partition coefficient (Wildman–Crippen LogP) is 2.35. The third-order valence-electron chi connectivity index (χ3n) is 4.81. The summed E-state index contributed by atoms with van der Waals surface area (Å²) in [7, 11) is 0. The molecule has 2 atom stereocenters. The van der Waals surface area contributed by atoms with E-state index in [2.05, 4.69) is 27.5 Å². The number of hydrogen-bond donors (Lipinski definition) is 4. The van der Waals surface area contributed by atoms with Crippen LogP contribution in [0.5, 0.6) is 0 Å². The van der Waals surface area contributed by atoms with Gasteiger partial charge in [-0.2, -0.15) is 0 Å². The number of H-pyrrole nitrogens is 1. The largest absolute Gasteiger partial charge is 0.392 e. The minimum Gasteiger partial charge on any atom is -0.392 e. The molecule has 0 unspecified atom stereocenters. The molecule has 0 aliphatic carbocycles. The number of halogens is 2. The van der Waals surface area contributed by atoms with Gasteiger partial charge in [0, 0.05) is 36.0 Å². The highest BCUT2D eigenvalue weighted by Crippen LogP contribution is 2.36. The molecule has 4 rings (SSSR count). The number of fused-ring (bicyclic) bond motifs is 1. The number of carbonyl (C=O) groups is 2. The van der Waals surface area contributed by atoms with Crippen molar-refractivity contribution < 1.29 is 19.1 Å². The van der Waals surface area contributed by atoms with E-state index >= 15 is 0 Å². The number of β-amino-alcohol motifs (C(OH)–C–C–N with tert-alkyl or cyclic N) is 1. The Bertz CT molecular complexity index is 1080. The lowest BCUT2D eigenvalue weighted by Crippen LogP contribution is -2.19. The zero-order chi connectivity index (χ0) is 19.8. The number of aliphatic hydroxyl groups excluding tert-OH is 1. The lowest BCUT2D eigenvalue weighted by atomic mass is 9.98. The van der Waals surface area contributed by atoms with Crippen LogP contribution in [0.4, 0.5) is 10.1 Å². The number of aliphatic hydroxyl groups is 1. The molecule has 6 nitrogen and oxygen atoms in total. The first kappa shape index (κ1) is 20.8. The molecular weight excluding hydrogens is 397 g/mol. The second-order valence-corrected chi connectivity index (χ2v) is 6.88. The molecule has 0 saturated carbocycles. The number of amides is 1. The Hall–Kier alpha value is -2.92. The number of aromatic amines is 1. The number of rotatable bonds is 2. The number of benzene rings is 1. The zero-order valence-corrected chi connectivity index (χ0v) is 16.3. The molecular formula is C21H19ClFN3O3. The molecule has 3 heterocycles. The van der Waals surface area contributed by atoms with Crippen LogP contribution in [0, 0.1) is 17.7 Å². The number of aromatic nitrogens is 1. The van der Waals surface area contributed by atoms with E-state index in [4.69, 9.17) is 0 Å². The number of Topliss-reactive ketones (excluding diaryl/α,β-unsaturated/α-hetero) is 1. The van der Waals surface area contributed by atoms with Crippen molar-refractivity contribution in [2.24, 2.45) is 0 Å². The smallest absolute Gasteiger partial charge is 0.256 e. The molecule has 1 aromatic carbocycles. The summed E-state index contributed by atoms with van der Waals surface area (Å²) in [6, 6.07) is 4.17. The Morgan fingerprint density at radius 2 is 2.17 bits per heavy atom. The van der Waals surface area contributed by atoms with Gasteiger partial charge in [0.2, 0.25) is 0 Å². The number of nitrogens with one attached hydrogen (secondary N) is 3. The molecule has 150 valence electrons. The minimum atomic E-state index is -0.525. The van der Waals surface area contributed by atoms with Gasteiger partial charge in [0.25, 0.3) is 5.91 Å². The summed E-state index contributed by atoms with van der Waals surface area (Å²) in [5, 5.41) is 15.4. The molecule has 1 saturated heterocycles. The Labute approximate surface area is 173 Å². The van der Waals surface area contributed by atoms with Crippen LogP contribution in [0.15, 0.2) is 24.4 Å². The van der Waals surface area contributed by atoms with Gasteiger partial charge in [-0.05, 0) is 31.2 Å². The fraction of sp³-hybridized carbons (Fsp3) is 0.238. The number of hydrogen-bond acceptors (Lipinski definition) is 4. The first-order chi connectivity index (χ1) is 13.4. The molecule has 2 aromatic rings. The molecule has 0 spiro atoms. The molecule has 8 heteroatoms. The van der Waals surface area contributed by atoms with E-state index in [-0.39, 0.29) is 41.3 Å². The average molecular weight is 416 g/mol. The third-order valence-corrected chi connectivity index (χ3v) is 4.81. The van der Waals surface area contributed by atoms with Crippen LogP contribution in [-0.4, -0.2) is 40.5 Å². The van der Waals surface area contributed by atoms with Crippen LogP contribution >= 0.6 is 12.4 Å². The van der Waals surface area contributed by atoms with Crippen molar-refractivity contribution in [2.75, 3.05) is 11.9 Å². The fourth-order valence-corrected chi connectivity index (χ4v) is 3.36. The van der Waals surface area contributed by atoms with Gasteiger partial charge in [0.05, 0.1) is 29.0 Å². The van der Waals surface area contributed by atoms with E-state index in [0.717, 1.165) is 0 Å². The van der Waals surface area contributed by atoms with Crippen molar-refractivity contribution in [2.45, 2.75) is 25.5 Å². The van der Waals surface area contributed by atoms with Gasteiger partial charge < -0.3 is 20.7 Å². The van der Waals surface area contributed by atoms with E-state index in [0.29, 0.717) is 35.5 Å². The summed E-state index contributed by atoms with van der Waals surface area (Å²) in [5.41, 5.74) is 2.34. The predicted molar refractivity (Wildman–Crippen MR) is 110 cm³/mol. The fourth-order valence-electron chi connectivity index (χ4n) is 3.36. The first-order valence-electron chi connectivity index (χ1n) is 8.90. The lowest BCUT2D eigenvalue weighted by molar-refractivity contribution is -0.110. The van der Waals surface area contributed by atoms with Crippen molar-refractivity contribution in [1.29, 1.82) is 0 Å². The van der Waals surface area contributed by atoms with Crippen LogP contribution in [0.3, 0.4) is 0 Å². The van der Waals surface area contributed by atoms with Crippen LogP contribution in [-0.2, 0) is 4.79 Å². The van der Waals surface area contributed by atoms with E-state index in [9.17, 15) is 19.1 Å². The maximum absolute atomic E-state index is 14.6. The molecule has 2 aliphatic heterocycles. The van der Waals surface area contributed by atoms with E-state index in [1.54, 1.807) is 18.3 Å². The standard InChI is InChI=1S/C21H18FN3O3.ClH/c1-11(26)12-6-14(23-9-12)8-17-20-16(3-2-13-7-15(27)10-24-13)18(22)4-5-19(20)25-21(17)28;/h4-6,8-9,13,15,23-24,27H,7,10H2,1H3,(H,25,28);1H/b17-8-;/t13-,15-;/m1./s1. The van der Waals surface area contributed by atoms with Gasteiger partial charge in [-0.15, -0.1) is 12.4 Å². The zero-order valence-electron chi connectivity index (χ0n) is 15.5. The van der Waals surface area contributed by atoms with Gasteiger partial charge in [-0.1, -0.05) is 11.8 Å². The highest BCUT2D eigenvalue weighted by atomic mass is 35.5. The summed E-state index contributed by atoms with van der Waals surface area (Å²) in [6.45, 7) is 1.90. The lowest BCUT2D eigenvalue weighted by Gasteiger charge is -2.05. The molecule has 0 radical (unpaired) electrons. The Morgan fingerprint density at radius 1 is 1.38 bits per heavy atom. The topological polar surface area (TPSA) is 94.2 Å². The second-order valence-electron chi connectivity index (χ2n) is 6.88. The molecule has 0 bridgehead atoms. The summed E-state index contributed by atoms with van der Waals surface area (Å²) in [4.78, 5) is 26.9. The SMILES string of the molecule is CC(=O)c1c[nH]c(/C=C2\C(=O)Nc3ccc(F)c(C#C[C@@H]4C[C@@H](O)CN4)c32)c1.Cl. The Morgan fingerprint density at radius 3 is 2.83 bits per heavy atom. The number of ketones is 1. The summed E-state index contributed by atoms with van der Waals surface area (Å²) in [5.74, 6) is 4.79. The van der Waals surface area contributed by atoms with Crippen molar-refractivity contribution in [1.82, 2.24) is 10.3 Å². The third kappa shape index (κ3) is 4.10. The van der Waals surface area contributed by atoms with E-state index < -0.39 is 11.9 Å². The highest BCUT2D eigenvalue weighted by molar-refractivity contribution is 6.35. The molecule has 1 amide bonds. The van der Waals surface area contributed by atoms with Crippen LogP contribution in [0.2, 0.25) is 0 Å². The summed E-state index contributed by atoms with van der Waals surface area (Å²) >= 11 is 0. The minimum absolute atomic E-state index is 0. The van der Waals surface area contributed by atoms with Crippen molar-refractivity contribution in [3.8, 4) is 11.8 Å². The van der Waals surface area contributed by atoms with Crippen molar-refractivity contribution >= 4 is 41.4 Å². The Balaban J connectivity index is 0.00000240. The van der Waals surface area contributed by atoms with Gasteiger partial charge in [-0.3, -0.25) is 9.59 Å². The van der Waals surface area contributed by atoms with Gasteiger partial charge in [0.15, 0.2) is 5.78 Å². The normalized spacial score (nSPS) is 21.2. The van der Waals surface area contributed by atoms with Gasteiger partial charge in [-0.25, -0.2) is 4.39 Å². The van der Waals surface area contributed by atoms with E-state index in [1.165, 1.54) is 19.1 Å². The average Bonchev–Trinajstić information content (AvgIpc) is 3.35. The monoisotopic (exact) mass is 415 g/mol. The first-order valence-corrected chi connectivity index (χ1v) is 8.90. The van der Waals surface area contributed by atoms with E-state index in [1.807, 2.05) is 0 Å². The molecule has 4 N–H and O–H groups in total. The molecule has 1 fully saturated rings. The maximum atomic E-state index is 14.6.